The Morgan fingerprint density at radius 1 is 0.360 bits per heavy atom. The van der Waals surface area contributed by atoms with Crippen LogP contribution in [0.4, 0.5) is 0 Å². The molecule has 1 heteroatoms. The topological polar surface area (TPSA) is 12.9 Å². The molecular formula is C49H37N. The lowest BCUT2D eigenvalue weighted by Crippen LogP contribution is -2.14. The molecule has 1 aromatic heterocycles. The number of benzene rings is 7. The van der Waals surface area contributed by atoms with Crippen molar-refractivity contribution in [1.82, 2.24) is 4.98 Å². The molecule has 0 aliphatic heterocycles. The lowest BCUT2D eigenvalue weighted by molar-refractivity contribution is 0.660. The number of rotatable bonds is 3. The van der Waals surface area contributed by atoms with Gasteiger partial charge in [-0.2, -0.15) is 0 Å². The van der Waals surface area contributed by atoms with E-state index >= 15 is 0 Å². The molecular weight excluding hydrogens is 603 g/mol. The maximum Gasteiger partial charge on any atom is 0.0346 e. The summed E-state index contributed by atoms with van der Waals surface area (Å²) < 4.78 is 0. The number of hydrogen-bond donors (Lipinski definition) is 0. The summed E-state index contributed by atoms with van der Waals surface area (Å²) in [5.74, 6) is 0. The third-order valence-corrected chi connectivity index (χ3v) is 11.8. The fraction of sp³-hybridized carbons (Fsp3) is 0.122. The summed E-state index contributed by atoms with van der Waals surface area (Å²) in [6.07, 6.45) is 3.86. The molecule has 0 unspecified atom stereocenters. The van der Waals surface area contributed by atoms with E-state index < -0.39 is 0 Å². The molecule has 50 heavy (non-hydrogen) atoms. The second-order valence-corrected chi connectivity index (χ2v) is 15.2. The lowest BCUT2D eigenvalue weighted by atomic mass is 9.80. The molecule has 0 spiro atoms. The van der Waals surface area contributed by atoms with E-state index in [1.54, 1.807) is 0 Å². The second-order valence-electron chi connectivity index (χ2n) is 15.2. The predicted molar refractivity (Wildman–Crippen MR) is 211 cm³/mol. The van der Waals surface area contributed by atoms with E-state index in [0.717, 1.165) is 5.56 Å². The van der Waals surface area contributed by atoms with Gasteiger partial charge in [-0.05, 0) is 118 Å². The van der Waals surface area contributed by atoms with Crippen LogP contribution in [0.15, 0.2) is 152 Å². The van der Waals surface area contributed by atoms with Gasteiger partial charge in [-0.1, -0.05) is 143 Å². The summed E-state index contributed by atoms with van der Waals surface area (Å²) >= 11 is 0. The molecule has 8 aromatic rings. The Bertz CT molecular complexity index is 2690. The van der Waals surface area contributed by atoms with Crippen molar-refractivity contribution < 1.29 is 0 Å². The Labute approximate surface area is 293 Å². The monoisotopic (exact) mass is 639 g/mol. The summed E-state index contributed by atoms with van der Waals surface area (Å²) in [6, 6.07) is 52.4. The maximum atomic E-state index is 4.56. The Morgan fingerprint density at radius 3 is 1.62 bits per heavy atom. The first-order chi connectivity index (χ1) is 24.3. The summed E-state index contributed by atoms with van der Waals surface area (Å²) in [6.45, 7) is 9.43. The zero-order valence-corrected chi connectivity index (χ0v) is 28.9. The molecule has 2 aliphatic carbocycles. The zero-order valence-electron chi connectivity index (χ0n) is 28.9. The normalized spacial score (nSPS) is 14.7. The van der Waals surface area contributed by atoms with E-state index in [2.05, 4.69) is 166 Å². The van der Waals surface area contributed by atoms with Crippen LogP contribution in [0.2, 0.25) is 0 Å². The van der Waals surface area contributed by atoms with Crippen LogP contribution in [0.3, 0.4) is 0 Å². The van der Waals surface area contributed by atoms with Gasteiger partial charge in [0.1, 0.15) is 0 Å². The van der Waals surface area contributed by atoms with Crippen LogP contribution in [0.25, 0.3) is 77.2 Å². The summed E-state index contributed by atoms with van der Waals surface area (Å²) in [4.78, 5) is 4.56. The van der Waals surface area contributed by atoms with Crippen molar-refractivity contribution in [1.29, 1.82) is 0 Å². The van der Waals surface area contributed by atoms with Crippen LogP contribution in [0.1, 0.15) is 49.9 Å². The van der Waals surface area contributed by atoms with Crippen molar-refractivity contribution in [2.45, 2.75) is 38.5 Å². The highest BCUT2D eigenvalue weighted by molar-refractivity contribution is 6.22. The molecule has 0 amide bonds. The molecule has 238 valence electrons. The zero-order chi connectivity index (χ0) is 33.8. The highest BCUT2D eigenvalue weighted by Gasteiger charge is 2.36. The molecule has 7 aromatic carbocycles. The van der Waals surface area contributed by atoms with E-state index in [-0.39, 0.29) is 10.8 Å². The van der Waals surface area contributed by atoms with Gasteiger partial charge in [0.25, 0.3) is 0 Å². The Kier molecular flexibility index (Phi) is 6.04. The predicted octanol–water partition coefficient (Wildman–Crippen LogP) is 13.0. The molecule has 2 aliphatic rings. The largest absolute Gasteiger partial charge is 0.264 e. The molecule has 0 atom stereocenters. The van der Waals surface area contributed by atoms with Crippen LogP contribution in [0, 0.1) is 0 Å². The SMILES string of the molecule is CC1(C)c2ccccc2-c2cc(-c3c4ccccc4c(-c4cccnc4)c4ccc(-c5ccc6c(c5)C(C)(C)c5ccccc5-6)cc34)ccc21. The summed E-state index contributed by atoms with van der Waals surface area (Å²) in [5.41, 5.74) is 18.3. The van der Waals surface area contributed by atoms with Gasteiger partial charge >= 0.3 is 0 Å². The molecule has 0 radical (unpaired) electrons. The maximum absolute atomic E-state index is 4.56. The van der Waals surface area contributed by atoms with E-state index in [4.69, 9.17) is 0 Å². The molecule has 0 saturated carbocycles. The third kappa shape index (κ3) is 3.98. The van der Waals surface area contributed by atoms with Crippen molar-refractivity contribution >= 4 is 21.5 Å². The van der Waals surface area contributed by atoms with Gasteiger partial charge in [0, 0.05) is 28.8 Å². The highest BCUT2D eigenvalue weighted by Crippen LogP contribution is 2.52. The summed E-state index contributed by atoms with van der Waals surface area (Å²) in [7, 11) is 0. The lowest BCUT2D eigenvalue weighted by Gasteiger charge is -2.23. The van der Waals surface area contributed by atoms with Gasteiger partial charge in [-0.15, -0.1) is 0 Å². The van der Waals surface area contributed by atoms with Crippen molar-refractivity contribution in [2.24, 2.45) is 0 Å². The average molecular weight is 640 g/mol. The van der Waals surface area contributed by atoms with Crippen LogP contribution in [-0.2, 0) is 10.8 Å². The van der Waals surface area contributed by atoms with Gasteiger partial charge in [0.2, 0.25) is 0 Å². The van der Waals surface area contributed by atoms with E-state index in [1.165, 1.54) is 93.9 Å². The fourth-order valence-corrected chi connectivity index (χ4v) is 9.25. The van der Waals surface area contributed by atoms with Gasteiger partial charge in [-0.25, -0.2) is 0 Å². The second kappa shape index (κ2) is 10.4. The Balaban J connectivity index is 1.26. The van der Waals surface area contributed by atoms with Crippen LogP contribution in [0.5, 0.6) is 0 Å². The molecule has 0 N–H and O–H groups in total. The number of nitrogens with zero attached hydrogens (tertiary/aromatic N) is 1. The quantitative estimate of drug-likeness (QED) is 0.175. The smallest absolute Gasteiger partial charge is 0.0346 e. The van der Waals surface area contributed by atoms with E-state index in [0.29, 0.717) is 0 Å². The standard InChI is InChI=1S/C49H37N/c1-48(2)43-18-10-8-14-35(43)40-27-32(21-24-44(40)48)46-37-15-5-6-16-38(37)47(33-12-11-25-50-29-33)39-23-20-30(26-41(39)46)31-19-22-36-34-13-7-9-17-42(34)49(3,4)45(36)28-31/h5-29H,1-4H3. The van der Waals surface area contributed by atoms with Gasteiger partial charge in [-0.3, -0.25) is 4.98 Å². The van der Waals surface area contributed by atoms with Crippen LogP contribution >= 0.6 is 0 Å². The van der Waals surface area contributed by atoms with Crippen molar-refractivity contribution in [2.75, 3.05) is 0 Å². The van der Waals surface area contributed by atoms with E-state index in [9.17, 15) is 0 Å². The third-order valence-electron chi connectivity index (χ3n) is 11.8. The van der Waals surface area contributed by atoms with Crippen LogP contribution in [-0.4, -0.2) is 4.98 Å². The first-order valence-electron chi connectivity index (χ1n) is 17.7. The van der Waals surface area contributed by atoms with Crippen molar-refractivity contribution in [3.8, 4) is 55.6 Å². The molecule has 0 bridgehead atoms. The van der Waals surface area contributed by atoms with Crippen LogP contribution < -0.4 is 0 Å². The van der Waals surface area contributed by atoms with Gasteiger partial charge < -0.3 is 0 Å². The number of aromatic nitrogens is 1. The molecule has 0 saturated heterocycles. The van der Waals surface area contributed by atoms with Gasteiger partial charge in [0.05, 0.1) is 0 Å². The first-order valence-corrected chi connectivity index (χ1v) is 17.7. The Morgan fingerprint density at radius 2 is 0.900 bits per heavy atom. The van der Waals surface area contributed by atoms with Crippen molar-refractivity contribution in [3.63, 3.8) is 0 Å². The van der Waals surface area contributed by atoms with E-state index in [1.807, 2.05) is 18.5 Å². The minimum absolute atomic E-state index is 0.0348. The number of pyridine rings is 1. The molecule has 1 heterocycles. The fourth-order valence-electron chi connectivity index (χ4n) is 9.25. The van der Waals surface area contributed by atoms with Crippen molar-refractivity contribution in [3.05, 3.63) is 174 Å². The molecule has 10 rings (SSSR count). The molecule has 1 nitrogen and oxygen atoms in total. The summed E-state index contributed by atoms with van der Waals surface area (Å²) in [5, 5.41) is 5.00. The number of hydrogen-bond acceptors (Lipinski definition) is 1. The average Bonchev–Trinajstić information content (AvgIpc) is 3.53. The first kappa shape index (κ1) is 29.2. The molecule has 0 fully saturated rings. The number of fused-ring (bicyclic) bond motifs is 8. The minimum atomic E-state index is -0.0535. The minimum Gasteiger partial charge on any atom is -0.264 e. The highest BCUT2D eigenvalue weighted by atomic mass is 14.6. The Hall–Kier alpha value is -5.79. The van der Waals surface area contributed by atoms with Gasteiger partial charge in [0.15, 0.2) is 0 Å².